The molecule has 1 saturated heterocycles. The Balaban J connectivity index is 1.46. The van der Waals surface area contributed by atoms with Crippen molar-refractivity contribution in [2.24, 2.45) is 0 Å². The van der Waals surface area contributed by atoms with E-state index in [2.05, 4.69) is 20.7 Å². The third-order valence-electron chi connectivity index (χ3n) is 6.29. The molecule has 8 nitrogen and oxygen atoms in total. The van der Waals surface area contributed by atoms with Gasteiger partial charge in [0.05, 0.1) is 18.3 Å². The third kappa shape index (κ3) is 3.65. The van der Waals surface area contributed by atoms with Crippen LogP contribution < -0.4 is 10.6 Å². The summed E-state index contributed by atoms with van der Waals surface area (Å²) in [4.78, 5) is 17.6. The maximum atomic E-state index is 13.2. The molecule has 3 N–H and O–H groups in total. The zero-order valence-corrected chi connectivity index (χ0v) is 17.0. The predicted octanol–water partition coefficient (Wildman–Crippen LogP) is 1.83. The molecule has 0 radical (unpaired) electrons. The minimum atomic E-state index is -4.51. The van der Waals surface area contributed by atoms with E-state index in [1.807, 2.05) is 6.20 Å². The number of ether oxygens (including phenoxy) is 1. The fraction of sp³-hybridized carbons (Fsp3) is 0.476. The smallest absolute Gasteiger partial charge is 0.388 e. The van der Waals surface area contributed by atoms with Crippen LogP contribution in [0.5, 0.6) is 0 Å². The largest absolute Gasteiger partial charge is 0.430 e. The number of nitrogens with zero attached hydrogens (tertiary/aromatic N) is 3. The number of alkyl halides is 3. The number of amides is 1. The number of nitrogens with one attached hydrogen (secondary N) is 2. The molecule has 2 aromatic rings. The standard InChI is InChI=1S/C21H22F3N5O3/c22-21(23,24)16-4-3-14(8-25-16)20(5-6-32-11-17(20)30)28-19(31)15-9-27-29-10-13(12-1-2-12)7-26-18(15)29/h3-4,7,9-10,12,17,25,30H,1-2,5-6,8,11H2,(H,28,31). The Bertz CT molecular complexity index is 1120. The number of hydrogen-bond acceptors (Lipinski definition) is 6. The van der Waals surface area contributed by atoms with Crippen LogP contribution in [-0.2, 0) is 4.74 Å². The zero-order chi connectivity index (χ0) is 22.5. The van der Waals surface area contributed by atoms with Gasteiger partial charge in [-0.05, 0) is 36.0 Å². The normalized spacial score (nSPS) is 26.3. The van der Waals surface area contributed by atoms with Crippen molar-refractivity contribution in [3.05, 3.63) is 53.1 Å². The van der Waals surface area contributed by atoms with Crippen molar-refractivity contribution in [1.29, 1.82) is 0 Å². The first-order valence-corrected chi connectivity index (χ1v) is 10.4. The molecular formula is C21H22F3N5O3. The lowest BCUT2D eigenvalue weighted by Crippen LogP contribution is -2.63. The van der Waals surface area contributed by atoms with Crippen LogP contribution in [0.25, 0.3) is 5.65 Å². The summed E-state index contributed by atoms with van der Waals surface area (Å²) < 4.78 is 45.8. The fourth-order valence-electron chi connectivity index (χ4n) is 4.28. The summed E-state index contributed by atoms with van der Waals surface area (Å²) in [5.74, 6) is -0.0338. The molecule has 4 heterocycles. The van der Waals surface area contributed by atoms with Gasteiger partial charge in [-0.2, -0.15) is 18.3 Å². The van der Waals surface area contributed by atoms with Gasteiger partial charge in [0.25, 0.3) is 5.91 Å². The first kappa shape index (κ1) is 21.0. The van der Waals surface area contributed by atoms with E-state index in [9.17, 15) is 23.1 Å². The Labute approximate surface area is 181 Å². The van der Waals surface area contributed by atoms with Crippen LogP contribution >= 0.6 is 0 Å². The monoisotopic (exact) mass is 449 g/mol. The highest BCUT2D eigenvalue weighted by atomic mass is 19.4. The van der Waals surface area contributed by atoms with Gasteiger partial charge in [-0.25, -0.2) is 9.50 Å². The number of carbonyl (C=O) groups excluding carboxylic acids is 1. The van der Waals surface area contributed by atoms with Crippen molar-refractivity contribution in [2.75, 3.05) is 19.8 Å². The number of aliphatic hydroxyl groups excluding tert-OH is 1. The van der Waals surface area contributed by atoms with Crippen LogP contribution in [0.15, 0.2) is 42.0 Å². The maximum absolute atomic E-state index is 13.2. The highest BCUT2D eigenvalue weighted by molar-refractivity contribution is 6.00. The molecule has 0 aromatic carbocycles. The molecule has 32 heavy (non-hydrogen) atoms. The van der Waals surface area contributed by atoms with E-state index >= 15 is 0 Å². The third-order valence-corrected chi connectivity index (χ3v) is 6.29. The van der Waals surface area contributed by atoms with Crippen molar-refractivity contribution < 1.29 is 27.8 Å². The van der Waals surface area contributed by atoms with E-state index in [0.717, 1.165) is 24.5 Å². The van der Waals surface area contributed by atoms with E-state index < -0.39 is 29.4 Å². The summed E-state index contributed by atoms with van der Waals surface area (Å²) in [6, 6.07) is 0. The Hall–Kier alpha value is -2.92. The van der Waals surface area contributed by atoms with Crippen molar-refractivity contribution in [3.8, 4) is 0 Å². The number of rotatable bonds is 4. The second-order valence-electron chi connectivity index (χ2n) is 8.38. The quantitative estimate of drug-likeness (QED) is 0.659. The summed E-state index contributed by atoms with van der Waals surface area (Å²) in [5.41, 5.74) is -0.0507. The van der Waals surface area contributed by atoms with Crippen molar-refractivity contribution in [1.82, 2.24) is 25.2 Å². The van der Waals surface area contributed by atoms with Crippen molar-refractivity contribution >= 4 is 11.6 Å². The lowest BCUT2D eigenvalue weighted by molar-refractivity contribution is -0.0971. The summed E-state index contributed by atoms with van der Waals surface area (Å²) in [6.07, 6.45) is 4.02. The van der Waals surface area contributed by atoms with E-state index in [0.29, 0.717) is 17.1 Å². The molecule has 5 rings (SSSR count). The number of aromatic nitrogens is 3. The lowest BCUT2D eigenvalue weighted by Gasteiger charge is -2.44. The molecule has 0 spiro atoms. The number of halogens is 3. The lowest BCUT2D eigenvalue weighted by atomic mass is 9.78. The number of carbonyl (C=O) groups is 1. The maximum Gasteiger partial charge on any atom is 0.430 e. The number of fused-ring (bicyclic) bond motifs is 1. The molecule has 1 aliphatic carbocycles. The van der Waals surface area contributed by atoms with Gasteiger partial charge in [0.1, 0.15) is 17.4 Å². The number of hydrogen-bond donors (Lipinski definition) is 3. The minimum absolute atomic E-state index is 0.0504. The predicted molar refractivity (Wildman–Crippen MR) is 107 cm³/mol. The molecule has 3 aliphatic rings. The fourth-order valence-corrected chi connectivity index (χ4v) is 4.28. The Kier molecular flexibility index (Phi) is 4.97. The molecular weight excluding hydrogens is 427 g/mol. The Morgan fingerprint density at radius 1 is 1.31 bits per heavy atom. The van der Waals surface area contributed by atoms with Gasteiger partial charge in [-0.3, -0.25) is 4.79 Å². The van der Waals surface area contributed by atoms with Gasteiger partial charge in [-0.1, -0.05) is 6.08 Å². The van der Waals surface area contributed by atoms with E-state index in [4.69, 9.17) is 4.74 Å². The van der Waals surface area contributed by atoms with Crippen LogP contribution in [0.4, 0.5) is 13.2 Å². The summed E-state index contributed by atoms with van der Waals surface area (Å²) >= 11 is 0. The van der Waals surface area contributed by atoms with E-state index in [-0.39, 0.29) is 31.7 Å². The highest BCUT2D eigenvalue weighted by Crippen LogP contribution is 2.39. The average molecular weight is 449 g/mol. The number of allylic oxidation sites excluding steroid dienone is 3. The van der Waals surface area contributed by atoms with Crippen molar-refractivity contribution in [2.45, 2.75) is 43.0 Å². The van der Waals surface area contributed by atoms with Crippen LogP contribution in [0, 0.1) is 0 Å². The average Bonchev–Trinajstić information content (AvgIpc) is 3.53. The summed E-state index contributed by atoms with van der Waals surface area (Å²) in [6.45, 7) is 0.0218. The Morgan fingerprint density at radius 2 is 2.12 bits per heavy atom. The molecule has 2 atom stereocenters. The molecule has 1 amide bonds. The van der Waals surface area contributed by atoms with Gasteiger partial charge in [0.15, 0.2) is 5.65 Å². The molecule has 2 fully saturated rings. The Morgan fingerprint density at radius 3 is 2.78 bits per heavy atom. The first-order chi connectivity index (χ1) is 15.3. The molecule has 170 valence electrons. The summed E-state index contributed by atoms with van der Waals surface area (Å²) in [7, 11) is 0. The minimum Gasteiger partial charge on any atom is -0.388 e. The van der Waals surface area contributed by atoms with Crippen LogP contribution in [0.3, 0.4) is 0 Å². The molecule has 1 saturated carbocycles. The van der Waals surface area contributed by atoms with Crippen LogP contribution in [0.1, 0.15) is 41.1 Å². The van der Waals surface area contributed by atoms with Crippen LogP contribution in [-0.4, -0.2) is 63.2 Å². The number of dihydropyridines is 1. The second kappa shape index (κ2) is 7.59. The zero-order valence-electron chi connectivity index (χ0n) is 17.0. The second-order valence-corrected chi connectivity index (χ2v) is 8.38. The topological polar surface area (TPSA) is 101 Å². The van der Waals surface area contributed by atoms with Gasteiger partial charge in [-0.15, -0.1) is 0 Å². The molecule has 2 unspecified atom stereocenters. The molecule has 2 aliphatic heterocycles. The number of aliphatic hydroxyl groups is 1. The van der Waals surface area contributed by atoms with Gasteiger partial charge < -0.3 is 20.5 Å². The van der Waals surface area contributed by atoms with E-state index in [1.165, 1.54) is 12.3 Å². The molecule has 2 aromatic heterocycles. The highest BCUT2D eigenvalue weighted by Gasteiger charge is 2.46. The van der Waals surface area contributed by atoms with Gasteiger partial charge in [0.2, 0.25) is 0 Å². The van der Waals surface area contributed by atoms with Crippen LogP contribution in [0.2, 0.25) is 0 Å². The molecule has 11 heteroatoms. The van der Waals surface area contributed by atoms with Gasteiger partial charge >= 0.3 is 6.18 Å². The molecule has 0 bridgehead atoms. The summed E-state index contributed by atoms with van der Waals surface area (Å²) in [5, 5.41) is 20.2. The van der Waals surface area contributed by atoms with Crippen molar-refractivity contribution in [3.63, 3.8) is 0 Å². The van der Waals surface area contributed by atoms with Gasteiger partial charge in [0, 0.05) is 32.0 Å². The SMILES string of the molecule is O=C(NC1(C2=CC=C(C(F)(F)F)NC2)CCOCC1O)c1cnn2cc(C3CC3)cnc12. The first-order valence-electron chi connectivity index (χ1n) is 10.4. The van der Waals surface area contributed by atoms with E-state index in [1.54, 1.807) is 10.7 Å².